The molecule has 0 amide bonds. The van der Waals surface area contributed by atoms with Crippen molar-refractivity contribution >= 4 is 0 Å². The van der Waals surface area contributed by atoms with Gasteiger partial charge in [-0.1, -0.05) is 11.2 Å². The number of benzene rings is 1. The van der Waals surface area contributed by atoms with Crippen molar-refractivity contribution in [1.29, 1.82) is 0 Å². The molecule has 92 valence electrons. The topological polar surface area (TPSA) is 98.5 Å². The van der Waals surface area contributed by atoms with E-state index in [0.717, 1.165) is 6.07 Å². The van der Waals surface area contributed by atoms with Crippen LogP contribution in [0.25, 0.3) is 10.4 Å². The Hall–Kier alpha value is -1.82. The van der Waals surface area contributed by atoms with Gasteiger partial charge in [-0.2, -0.15) is 0 Å². The van der Waals surface area contributed by atoms with E-state index in [-0.39, 0.29) is 17.9 Å². The van der Waals surface area contributed by atoms with Crippen molar-refractivity contribution in [1.82, 2.24) is 0 Å². The Morgan fingerprint density at radius 2 is 2.24 bits per heavy atom. The largest absolute Gasteiger partial charge is 0.494 e. The maximum absolute atomic E-state index is 13.1. The van der Waals surface area contributed by atoms with Crippen molar-refractivity contribution in [3.8, 4) is 5.75 Å². The van der Waals surface area contributed by atoms with Gasteiger partial charge in [-0.15, -0.1) is 0 Å². The molecule has 0 aromatic heterocycles. The number of nitrogens with zero attached hydrogens (tertiary/aromatic N) is 3. The maximum atomic E-state index is 13.1. The van der Waals surface area contributed by atoms with Gasteiger partial charge in [0.05, 0.1) is 19.8 Å². The number of hydrogen-bond donors (Lipinski definition) is 2. The predicted octanol–water partition coefficient (Wildman–Crippen LogP) is 1.54. The van der Waals surface area contributed by atoms with Crippen molar-refractivity contribution in [2.24, 2.45) is 5.11 Å². The molecule has 1 aromatic rings. The van der Waals surface area contributed by atoms with Gasteiger partial charge in [0.1, 0.15) is 6.10 Å². The third-order valence-corrected chi connectivity index (χ3v) is 2.21. The highest BCUT2D eigenvalue weighted by Gasteiger charge is 2.19. The fourth-order valence-electron chi connectivity index (χ4n) is 1.30. The zero-order valence-corrected chi connectivity index (χ0v) is 9.12. The molecule has 7 heteroatoms. The van der Waals surface area contributed by atoms with E-state index in [2.05, 4.69) is 10.0 Å². The summed E-state index contributed by atoms with van der Waals surface area (Å²) in [6.45, 7) is -0.267. The van der Waals surface area contributed by atoms with Crippen LogP contribution in [0.3, 0.4) is 0 Å². The molecular formula is C10H12FN3O3. The van der Waals surface area contributed by atoms with Gasteiger partial charge in [-0.3, -0.25) is 0 Å². The molecule has 1 rings (SSSR count). The van der Waals surface area contributed by atoms with Crippen LogP contribution in [0.15, 0.2) is 23.3 Å². The van der Waals surface area contributed by atoms with Crippen molar-refractivity contribution in [2.45, 2.75) is 12.2 Å². The van der Waals surface area contributed by atoms with Crippen molar-refractivity contribution in [2.75, 3.05) is 13.7 Å². The standard InChI is InChI=1S/C10H12FN3O3/c1-17-9-4-6(2-3-7(9)11)10(16)8(15)5-13-14-12/h2-4,8,10,15-16H,5H2,1H3. The fraction of sp³-hybridized carbons (Fsp3) is 0.400. The van der Waals surface area contributed by atoms with Gasteiger partial charge in [0.15, 0.2) is 11.6 Å². The summed E-state index contributed by atoms with van der Waals surface area (Å²) in [7, 11) is 1.30. The molecule has 2 unspecified atom stereocenters. The lowest BCUT2D eigenvalue weighted by molar-refractivity contribution is 0.0242. The first-order valence-electron chi connectivity index (χ1n) is 4.80. The molecule has 0 radical (unpaired) electrons. The Balaban J connectivity index is 2.88. The molecule has 0 heterocycles. The Morgan fingerprint density at radius 1 is 1.53 bits per heavy atom. The lowest BCUT2D eigenvalue weighted by atomic mass is 10.0. The summed E-state index contributed by atoms with van der Waals surface area (Å²) in [5.41, 5.74) is 8.36. The summed E-state index contributed by atoms with van der Waals surface area (Å²) in [4.78, 5) is 2.47. The number of halogens is 1. The van der Waals surface area contributed by atoms with Gasteiger partial charge in [-0.05, 0) is 23.2 Å². The number of rotatable bonds is 5. The third-order valence-electron chi connectivity index (χ3n) is 2.21. The van der Waals surface area contributed by atoms with Crippen LogP contribution in [0.1, 0.15) is 11.7 Å². The van der Waals surface area contributed by atoms with Crippen LogP contribution in [-0.4, -0.2) is 30.0 Å². The molecule has 0 bridgehead atoms. The lowest BCUT2D eigenvalue weighted by Gasteiger charge is -2.17. The number of methoxy groups -OCH3 is 1. The van der Waals surface area contributed by atoms with Crippen LogP contribution in [0.2, 0.25) is 0 Å². The van der Waals surface area contributed by atoms with E-state index in [1.54, 1.807) is 0 Å². The van der Waals surface area contributed by atoms with E-state index in [4.69, 9.17) is 10.3 Å². The van der Waals surface area contributed by atoms with Gasteiger partial charge >= 0.3 is 0 Å². The van der Waals surface area contributed by atoms with Crippen LogP contribution in [-0.2, 0) is 0 Å². The summed E-state index contributed by atoms with van der Waals surface area (Å²) in [5.74, 6) is -0.592. The molecule has 2 N–H and O–H groups in total. The van der Waals surface area contributed by atoms with Crippen LogP contribution in [0, 0.1) is 5.82 Å². The van der Waals surface area contributed by atoms with Gasteiger partial charge in [0.2, 0.25) is 0 Å². The Bertz CT molecular complexity index is 435. The molecule has 2 atom stereocenters. The maximum Gasteiger partial charge on any atom is 0.165 e. The highest BCUT2D eigenvalue weighted by Crippen LogP contribution is 2.24. The molecule has 0 spiro atoms. The first kappa shape index (κ1) is 13.2. The molecule has 0 saturated heterocycles. The molecule has 0 fully saturated rings. The van der Waals surface area contributed by atoms with Crippen LogP contribution in [0.5, 0.6) is 5.75 Å². The molecule has 0 aliphatic carbocycles. The lowest BCUT2D eigenvalue weighted by Crippen LogP contribution is -2.21. The van der Waals surface area contributed by atoms with Crippen molar-refractivity contribution < 1.29 is 19.3 Å². The molecule has 0 aliphatic rings. The molecule has 1 aromatic carbocycles. The minimum Gasteiger partial charge on any atom is -0.494 e. The van der Waals surface area contributed by atoms with Crippen LogP contribution in [0.4, 0.5) is 4.39 Å². The smallest absolute Gasteiger partial charge is 0.165 e. The minimum absolute atomic E-state index is 0.0301. The summed E-state index contributed by atoms with van der Waals surface area (Å²) < 4.78 is 17.8. The van der Waals surface area contributed by atoms with Crippen LogP contribution >= 0.6 is 0 Å². The van der Waals surface area contributed by atoms with Crippen molar-refractivity contribution in [3.05, 3.63) is 40.0 Å². The molecule has 17 heavy (non-hydrogen) atoms. The first-order valence-corrected chi connectivity index (χ1v) is 4.80. The van der Waals surface area contributed by atoms with E-state index in [9.17, 15) is 14.6 Å². The second-order valence-corrected chi connectivity index (χ2v) is 3.32. The second kappa shape index (κ2) is 6.05. The van der Waals surface area contributed by atoms with Crippen LogP contribution < -0.4 is 4.74 Å². The second-order valence-electron chi connectivity index (χ2n) is 3.32. The normalized spacial score (nSPS) is 13.6. The highest BCUT2D eigenvalue weighted by molar-refractivity contribution is 5.32. The van der Waals surface area contributed by atoms with Crippen molar-refractivity contribution in [3.63, 3.8) is 0 Å². The van der Waals surface area contributed by atoms with E-state index in [1.165, 1.54) is 19.2 Å². The van der Waals surface area contributed by atoms with E-state index in [1.807, 2.05) is 0 Å². The van der Waals surface area contributed by atoms with Gasteiger partial charge in [0, 0.05) is 4.91 Å². The van der Waals surface area contributed by atoms with Gasteiger partial charge in [0.25, 0.3) is 0 Å². The summed E-state index contributed by atoms with van der Waals surface area (Å²) in [5, 5.41) is 22.3. The van der Waals surface area contributed by atoms with E-state index < -0.39 is 18.0 Å². The average Bonchev–Trinajstić information content (AvgIpc) is 2.35. The molecule has 0 saturated carbocycles. The fourth-order valence-corrected chi connectivity index (χ4v) is 1.30. The van der Waals surface area contributed by atoms with Gasteiger partial charge < -0.3 is 14.9 Å². The number of ether oxygens (including phenoxy) is 1. The minimum atomic E-state index is -1.27. The number of hydrogen-bond acceptors (Lipinski definition) is 4. The molecular weight excluding hydrogens is 229 g/mol. The summed E-state index contributed by atoms with van der Waals surface area (Å²) >= 11 is 0. The van der Waals surface area contributed by atoms with E-state index >= 15 is 0 Å². The first-order chi connectivity index (χ1) is 8.10. The summed E-state index contributed by atoms with van der Waals surface area (Å²) in [6.07, 6.45) is -2.52. The molecule has 0 aliphatic heterocycles. The monoisotopic (exact) mass is 241 g/mol. The average molecular weight is 241 g/mol. The summed E-state index contributed by atoms with van der Waals surface area (Å²) in [6, 6.07) is 3.72. The zero-order valence-electron chi connectivity index (χ0n) is 9.12. The zero-order chi connectivity index (χ0) is 12.8. The number of azide groups is 1. The van der Waals surface area contributed by atoms with Gasteiger partial charge in [-0.25, -0.2) is 4.39 Å². The third kappa shape index (κ3) is 3.32. The Labute approximate surface area is 96.9 Å². The molecule has 6 nitrogen and oxygen atoms in total. The SMILES string of the molecule is COc1cc(C(O)C(O)CN=[N+]=[N-])ccc1F. The number of aliphatic hydroxyl groups excluding tert-OH is 2. The highest BCUT2D eigenvalue weighted by atomic mass is 19.1. The predicted molar refractivity (Wildman–Crippen MR) is 57.9 cm³/mol. The Morgan fingerprint density at radius 3 is 2.82 bits per heavy atom. The Kier molecular flexibility index (Phi) is 4.71. The number of aliphatic hydroxyl groups is 2. The van der Waals surface area contributed by atoms with E-state index in [0.29, 0.717) is 0 Å². The quantitative estimate of drug-likeness (QED) is 0.464.